The molecule has 19 heavy (non-hydrogen) atoms. The lowest BCUT2D eigenvalue weighted by Crippen LogP contribution is -2.17. The molecule has 0 aliphatic rings. The Morgan fingerprint density at radius 2 is 2.21 bits per heavy atom. The summed E-state index contributed by atoms with van der Waals surface area (Å²) in [6, 6.07) is 7.01. The van der Waals surface area contributed by atoms with E-state index in [1.165, 1.54) is 0 Å². The topological polar surface area (TPSA) is 46.9 Å². The Hall–Kier alpha value is -1.33. The Morgan fingerprint density at radius 1 is 1.47 bits per heavy atom. The second kappa shape index (κ2) is 5.75. The minimum atomic E-state index is -0.184. The highest BCUT2D eigenvalue weighted by Crippen LogP contribution is 2.25. The average molecular weight is 343 g/mol. The fourth-order valence-electron chi connectivity index (χ4n) is 1.74. The van der Waals surface area contributed by atoms with E-state index in [-0.39, 0.29) is 5.91 Å². The van der Waals surface area contributed by atoms with Crippen LogP contribution in [0.5, 0.6) is 0 Å². The third-order valence-electron chi connectivity index (χ3n) is 2.61. The summed E-state index contributed by atoms with van der Waals surface area (Å²) in [5.74, 6) is -0.184. The predicted octanol–water partition coefficient (Wildman–Crippen LogP) is 3.88. The molecule has 1 aromatic carbocycles. The van der Waals surface area contributed by atoms with Crippen LogP contribution in [0.3, 0.4) is 0 Å². The number of benzene rings is 1. The van der Waals surface area contributed by atoms with Crippen molar-refractivity contribution in [3.05, 3.63) is 45.1 Å². The zero-order valence-electron chi connectivity index (χ0n) is 10.6. The van der Waals surface area contributed by atoms with Crippen LogP contribution in [-0.4, -0.2) is 15.7 Å². The first kappa shape index (κ1) is 14.1. The molecule has 0 fully saturated rings. The van der Waals surface area contributed by atoms with Gasteiger partial charge in [0.25, 0.3) is 5.91 Å². The van der Waals surface area contributed by atoms with Crippen molar-refractivity contribution in [1.82, 2.24) is 9.78 Å². The number of carbonyl (C=O) groups is 1. The van der Waals surface area contributed by atoms with Crippen LogP contribution in [0.25, 0.3) is 0 Å². The maximum Gasteiger partial charge on any atom is 0.273 e. The SMILES string of the molecule is CCn1nc(C)cc1C(=O)Nc1ccc(Cl)c(Br)c1. The highest BCUT2D eigenvalue weighted by molar-refractivity contribution is 9.10. The molecule has 1 N–H and O–H groups in total. The normalized spacial score (nSPS) is 10.5. The van der Waals surface area contributed by atoms with E-state index < -0.39 is 0 Å². The van der Waals surface area contributed by atoms with Gasteiger partial charge >= 0.3 is 0 Å². The molecule has 0 saturated carbocycles. The van der Waals surface area contributed by atoms with Gasteiger partial charge in [0.15, 0.2) is 0 Å². The lowest BCUT2D eigenvalue weighted by molar-refractivity contribution is 0.101. The summed E-state index contributed by atoms with van der Waals surface area (Å²) in [7, 11) is 0. The molecule has 0 aliphatic heterocycles. The van der Waals surface area contributed by atoms with Gasteiger partial charge in [-0.05, 0) is 54.0 Å². The van der Waals surface area contributed by atoms with Crippen LogP contribution in [0.2, 0.25) is 5.02 Å². The van der Waals surface area contributed by atoms with Crippen molar-refractivity contribution in [3.8, 4) is 0 Å². The Balaban J connectivity index is 2.22. The molecule has 1 amide bonds. The average Bonchev–Trinajstić information content (AvgIpc) is 2.75. The van der Waals surface area contributed by atoms with Crippen LogP contribution >= 0.6 is 27.5 Å². The number of hydrogen-bond acceptors (Lipinski definition) is 2. The summed E-state index contributed by atoms with van der Waals surface area (Å²) in [4.78, 5) is 12.2. The van der Waals surface area contributed by atoms with Crippen molar-refractivity contribution >= 4 is 39.1 Å². The maximum absolute atomic E-state index is 12.2. The van der Waals surface area contributed by atoms with Gasteiger partial charge in [0.2, 0.25) is 0 Å². The molecule has 2 aromatic rings. The second-order valence-electron chi connectivity index (χ2n) is 4.07. The fraction of sp³-hybridized carbons (Fsp3) is 0.231. The number of carbonyl (C=O) groups excluding carboxylic acids is 1. The standard InChI is InChI=1S/C13H13BrClN3O/c1-3-18-12(6-8(2)17-18)13(19)16-9-4-5-11(15)10(14)7-9/h4-7H,3H2,1-2H3,(H,16,19). The van der Waals surface area contributed by atoms with Crippen LogP contribution in [-0.2, 0) is 6.54 Å². The highest BCUT2D eigenvalue weighted by atomic mass is 79.9. The Labute approximate surface area is 124 Å². The monoisotopic (exact) mass is 341 g/mol. The summed E-state index contributed by atoms with van der Waals surface area (Å²) in [6.45, 7) is 4.46. The minimum absolute atomic E-state index is 0.184. The molecule has 4 nitrogen and oxygen atoms in total. The predicted molar refractivity (Wildman–Crippen MR) is 79.7 cm³/mol. The van der Waals surface area contributed by atoms with Gasteiger partial charge in [-0.1, -0.05) is 11.6 Å². The van der Waals surface area contributed by atoms with E-state index in [9.17, 15) is 4.79 Å². The van der Waals surface area contributed by atoms with E-state index in [1.54, 1.807) is 28.9 Å². The van der Waals surface area contributed by atoms with Gasteiger partial charge in [-0.2, -0.15) is 5.10 Å². The van der Waals surface area contributed by atoms with E-state index in [2.05, 4.69) is 26.3 Å². The maximum atomic E-state index is 12.2. The molecule has 0 unspecified atom stereocenters. The Kier molecular flexibility index (Phi) is 4.27. The van der Waals surface area contributed by atoms with Gasteiger partial charge in [-0.15, -0.1) is 0 Å². The van der Waals surface area contributed by atoms with Crippen LogP contribution in [0.4, 0.5) is 5.69 Å². The summed E-state index contributed by atoms with van der Waals surface area (Å²) in [6.07, 6.45) is 0. The number of aryl methyl sites for hydroxylation is 2. The number of nitrogens with zero attached hydrogens (tertiary/aromatic N) is 2. The molecule has 0 spiro atoms. The van der Waals surface area contributed by atoms with Crippen molar-refractivity contribution in [3.63, 3.8) is 0 Å². The van der Waals surface area contributed by atoms with Crippen LogP contribution in [0, 0.1) is 6.92 Å². The number of halogens is 2. The number of amides is 1. The number of hydrogen-bond donors (Lipinski definition) is 1. The van der Waals surface area contributed by atoms with E-state index in [0.717, 1.165) is 10.2 Å². The first-order chi connectivity index (χ1) is 9.01. The van der Waals surface area contributed by atoms with Crippen LogP contribution < -0.4 is 5.32 Å². The molecule has 1 heterocycles. The van der Waals surface area contributed by atoms with Crippen molar-refractivity contribution < 1.29 is 4.79 Å². The molecule has 100 valence electrons. The first-order valence-electron chi connectivity index (χ1n) is 5.82. The zero-order chi connectivity index (χ0) is 14.0. The molecule has 0 saturated heterocycles. The largest absolute Gasteiger partial charge is 0.321 e. The zero-order valence-corrected chi connectivity index (χ0v) is 12.9. The molecule has 1 aromatic heterocycles. The van der Waals surface area contributed by atoms with Gasteiger partial charge in [-0.3, -0.25) is 9.48 Å². The van der Waals surface area contributed by atoms with Gasteiger partial charge in [0.1, 0.15) is 5.69 Å². The summed E-state index contributed by atoms with van der Waals surface area (Å²) >= 11 is 9.24. The summed E-state index contributed by atoms with van der Waals surface area (Å²) in [5, 5.41) is 7.68. The molecule has 0 bridgehead atoms. The Bertz CT molecular complexity index is 624. The third-order valence-corrected chi connectivity index (χ3v) is 3.83. The van der Waals surface area contributed by atoms with Gasteiger partial charge < -0.3 is 5.32 Å². The van der Waals surface area contributed by atoms with Crippen molar-refractivity contribution in [2.45, 2.75) is 20.4 Å². The van der Waals surface area contributed by atoms with Crippen molar-refractivity contribution in [2.75, 3.05) is 5.32 Å². The smallest absolute Gasteiger partial charge is 0.273 e. The van der Waals surface area contributed by atoms with E-state index in [1.807, 2.05) is 13.8 Å². The molecule has 0 atom stereocenters. The molecule has 0 radical (unpaired) electrons. The van der Waals surface area contributed by atoms with Gasteiger partial charge in [0, 0.05) is 16.7 Å². The molecular formula is C13H13BrClN3O. The third kappa shape index (κ3) is 3.16. The van der Waals surface area contributed by atoms with E-state index in [0.29, 0.717) is 22.9 Å². The Morgan fingerprint density at radius 3 is 2.84 bits per heavy atom. The van der Waals surface area contributed by atoms with E-state index in [4.69, 9.17) is 11.6 Å². The molecule has 0 aliphatic carbocycles. The van der Waals surface area contributed by atoms with E-state index >= 15 is 0 Å². The van der Waals surface area contributed by atoms with Crippen LogP contribution in [0.15, 0.2) is 28.7 Å². The van der Waals surface area contributed by atoms with Gasteiger partial charge in [0.05, 0.1) is 10.7 Å². The quantitative estimate of drug-likeness (QED) is 0.920. The highest BCUT2D eigenvalue weighted by Gasteiger charge is 2.13. The van der Waals surface area contributed by atoms with Crippen LogP contribution in [0.1, 0.15) is 23.1 Å². The first-order valence-corrected chi connectivity index (χ1v) is 6.99. The number of aromatic nitrogens is 2. The lowest BCUT2D eigenvalue weighted by Gasteiger charge is -2.07. The fourth-order valence-corrected chi connectivity index (χ4v) is 2.23. The number of nitrogens with one attached hydrogen (secondary N) is 1. The molecule has 6 heteroatoms. The number of rotatable bonds is 3. The second-order valence-corrected chi connectivity index (χ2v) is 5.33. The number of anilines is 1. The molecular weight excluding hydrogens is 330 g/mol. The minimum Gasteiger partial charge on any atom is -0.321 e. The van der Waals surface area contributed by atoms with Crippen molar-refractivity contribution in [1.29, 1.82) is 0 Å². The summed E-state index contributed by atoms with van der Waals surface area (Å²) in [5.41, 5.74) is 2.05. The summed E-state index contributed by atoms with van der Waals surface area (Å²) < 4.78 is 2.42. The van der Waals surface area contributed by atoms with Crippen molar-refractivity contribution in [2.24, 2.45) is 0 Å². The molecule has 2 rings (SSSR count). The van der Waals surface area contributed by atoms with Gasteiger partial charge in [-0.25, -0.2) is 0 Å². The lowest BCUT2D eigenvalue weighted by atomic mass is 10.3.